The molecule has 41 heavy (non-hydrogen) atoms. The fourth-order valence-corrected chi connectivity index (χ4v) is 5.90. The summed E-state index contributed by atoms with van der Waals surface area (Å²) in [5.41, 5.74) is 0.340. The van der Waals surface area contributed by atoms with Gasteiger partial charge < -0.3 is 24.8 Å². The summed E-state index contributed by atoms with van der Waals surface area (Å²) in [6.07, 6.45) is 1.40. The van der Waals surface area contributed by atoms with Crippen LogP contribution in [0.2, 0.25) is 0 Å². The van der Waals surface area contributed by atoms with E-state index in [1.807, 2.05) is 13.0 Å². The van der Waals surface area contributed by atoms with Crippen molar-refractivity contribution >= 4 is 23.5 Å². The van der Waals surface area contributed by atoms with Gasteiger partial charge in [-0.15, -0.1) is 0 Å². The standard InChI is InChI=1S/C31H38F2N2O6/c1-5-40-17-31(3,4)27-24(32)15-21(16-25(27)33)34-29(38)28-23-8-7-22(41-6-2)14-19(23)9-10-35(28)30(39)20-11-18(12-20)13-26(36)37/h7-8,14-16,18,20,28H,5-6,9-13,17H2,1-4H3,(H,34,38)(H,36,37)/t18-,20+,28-/m1/s1. The lowest BCUT2D eigenvalue weighted by Gasteiger charge is -2.42. The Morgan fingerprint density at radius 1 is 1.07 bits per heavy atom. The minimum absolute atomic E-state index is 0.00519. The summed E-state index contributed by atoms with van der Waals surface area (Å²) in [4.78, 5) is 39.9. The minimum atomic E-state index is -1.03. The van der Waals surface area contributed by atoms with Gasteiger partial charge in [-0.25, -0.2) is 8.78 Å². The van der Waals surface area contributed by atoms with E-state index < -0.39 is 35.0 Å². The summed E-state index contributed by atoms with van der Waals surface area (Å²) in [7, 11) is 0. The molecule has 0 saturated heterocycles. The number of nitrogens with zero attached hydrogens (tertiary/aromatic N) is 1. The lowest BCUT2D eigenvalue weighted by molar-refractivity contribution is -0.149. The highest BCUT2D eigenvalue weighted by Crippen LogP contribution is 2.41. The molecule has 10 heteroatoms. The zero-order chi connectivity index (χ0) is 29.9. The summed E-state index contributed by atoms with van der Waals surface area (Å²) in [5, 5.41) is 11.7. The van der Waals surface area contributed by atoms with E-state index in [4.69, 9.17) is 14.6 Å². The Kier molecular flexibility index (Phi) is 9.31. The summed E-state index contributed by atoms with van der Waals surface area (Å²) in [6, 6.07) is 6.47. The number of carboxylic acid groups (broad SMARTS) is 1. The Balaban J connectivity index is 1.61. The Hall–Kier alpha value is -3.53. The number of hydrogen-bond donors (Lipinski definition) is 2. The average Bonchev–Trinajstić information content (AvgIpc) is 2.87. The zero-order valence-electron chi connectivity index (χ0n) is 24.0. The molecule has 1 fully saturated rings. The molecule has 2 aromatic carbocycles. The second-order valence-electron chi connectivity index (χ2n) is 11.4. The molecule has 0 bridgehead atoms. The predicted octanol–water partition coefficient (Wildman–Crippen LogP) is 5.24. The van der Waals surface area contributed by atoms with Crippen molar-refractivity contribution in [2.45, 2.75) is 64.8 Å². The molecule has 0 aromatic heterocycles. The largest absolute Gasteiger partial charge is 0.494 e. The van der Waals surface area contributed by atoms with Gasteiger partial charge in [0.25, 0.3) is 5.91 Å². The number of benzene rings is 2. The molecular formula is C31H38F2N2O6. The van der Waals surface area contributed by atoms with E-state index in [2.05, 4.69) is 5.32 Å². The first kappa shape index (κ1) is 30.4. The monoisotopic (exact) mass is 572 g/mol. The van der Waals surface area contributed by atoms with Gasteiger partial charge in [0.2, 0.25) is 5.91 Å². The lowest BCUT2D eigenvalue weighted by Crippen LogP contribution is -2.50. The van der Waals surface area contributed by atoms with Crippen LogP contribution in [0.3, 0.4) is 0 Å². The van der Waals surface area contributed by atoms with Gasteiger partial charge in [0.1, 0.15) is 23.4 Å². The van der Waals surface area contributed by atoms with Crippen LogP contribution in [0.5, 0.6) is 5.75 Å². The third-order valence-corrected chi connectivity index (χ3v) is 7.89. The number of carbonyl (C=O) groups excluding carboxylic acids is 2. The number of carbonyl (C=O) groups is 3. The van der Waals surface area contributed by atoms with Crippen molar-refractivity contribution in [1.82, 2.24) is 4.90 Å². The number of rotatable bonds is 11. The van der Waals surface area contributed by atoms with Crippen molar-refractivity contribution in [3.05, 3.63) is 58.7 Å². The molecule has 2 aromatic rings. The Bertz CT molecular complexity index is 1280. The first-order valence-corrected chi connectivity index (χ1v) is 14.1. The van der Waals surface area contributed by atoms with Crippen LogP contribution < -0.4 is 10.1 Å². The fraction of sp³-hybridized carbons (Fsp3) is 0.516. The minimum Gasteiger partial charge on any atom is -0.494 e. The molecule has 1 aliphatic carbocycles. The van der Waals surface area contributed by atoms with Gasteiger partial charge in [-0.2, -0.15) is 0 Å². The van der Waals surface area contributed by atoms with Crippen LogP contribution in [0.4, 0.5) is 14.5 Å². The fourth-order valence-electron chi connectivity index (χ4n) is 5.90. The zero-order valence-corrected chi connectivity index (χ0v) is 24.0. The van der Waals surface area contributed by atoms with Crippen molar-refractivity contribution in [1.29, 1.82) is 0 Å². The second-order valence-corrected chi connectivity index (χ2v) is 11.4. The average molecular weight is 573 g/mol. The number of fused-ring (bicyclic) bond motifs is 1. The number of ether oxygens (including phenoxy) is 2. The van der Waals surface area contributed by atoms with Crippen LogP contribution in [-0.2, 0) is 31.0 Å². The van der Waals surface area contributed by atoms with Gasteiger partial charge >= 0.3 is 5.97 Å². The Morgan fingerprint density at radius 2 is 1.76 bits per heavy atom. The quantitative estimate of drug-likeness (QED) is 0.382. The molecule has 1 saturated carbocycles. The predicted molar refractivity (Wildman–Crippen MR) is 149 cm³/mol. The van der Waals surface area contributed by atoms with Gasteiger partial charge in [0.05, 0.1) is 13.2 Å². The van der Waals surface area contributed by atoms with E-state index in [0.717, 1.165) is 17.7 Å². The van der Waals surface area contributed by atoms with Crippen LogP contribution in [0.1, 0.15) is 69.7 Å². The highest BCUT2D eigenvalue weighted by atomic mass is 19.1. The van der Waals surface area contributed by atoms with Crippen molar-refractivity contribution < 1.29 is 37.7 Å². The van der Waals surface area contributed by atoms with Gasteiger partial charge in [0.15, 0.2) is 0 Å². The van der Waals surface area contributed by atoms with Crippen LogP contribution in [-0.4, -0.2) is 54.2 Å². The van der Waals surface area contributed by atoms with Crippen LogP contribution in [0.15, 0.2) is 30.3 Å². The smallest absolute Gasteiger partial charge is 0.303 e. The third-order valence-electron chi connectivity index (χ3n) is 7.89. The molecule has 0 radical (unpaired) electrons. The first-order chi connectivity index (χ1) is 19.4. The van der Waals surface area contributed by atoms with Gasteiger partial charge in [-0.05, 0) is 74.4 Å². The molecule has 1 heterocycles. The molecule has 4 rings (SSSR count). The van der Waals surface area contributed by atoms with Crippen LogP contribution >= 0.6 is 0 Å². The van der Waals surface area contributed by atoms with Crippen molar-refractivity contribution in [2.24, 2.45) is 11.8 Å². The normalized spacial score (nSPS) is 20.1. The van der Waals surface area contributed by atoms with Crippen LogP contribution in [0, 0.1) is 23.5 Å². The lowest BCUT2D eigenvalue weighted by atomic mass is 9.72. The second kappa shape index (κ2) is 12.5. The highest BCUT2D eigenvalue weighted by Gasteiger charge is 2.43. The topological polar surface area (TPSA) is 105 Å². The Morgan fingerprint density at radius 3 is 2.37 bits per heavy atom. The number of halogens is 2. The summed E-state index contributed by atoms with van der Waals surface area (Å²) in [5.74, 6) is -3.13. The maximum atomic E-state index is 15.2. The van der Waals surface area contributed by atoms with Gasteiger partial charge in [-0.1, -0.05) is 19.9 Å². The van der Waals surface area contributed by atoms with Crippen molar-refractivity contribution in [2.75, 3.05) is 31.7 Å². The maximum absolute atomic E-state index is 15.2. The molecule has 2 amide bonds. The van der Waals surface area contributed by atoms with E-state index in [1.54, 1.807) is 32.9 Å². The van der Waals surface area contributed by atoms with Gasteiger partial charge in [-0.3, -0.25) is 14.4 Å². The number of anilines is 1. The molecule has 1 atom stereocenters. The van der Waals surface area contributed by atoms with E-state index in [0.29, 0.717) is 43.8 Å². The Labute approximate surface area is 239 Å². The molecule has 2 N–H and O–H groups in total. The summed E-state index contributed by atoms with van der Waals surface area (Å²) >= 11 is 0. The molecule has 0 unspecified atom stereocenters. The van der Waals surface area contributed by atoms with Crippen molar-refractivity contribution in [3.63, 3.8) is 0 Å². The molecule has 2 aliphatic rings. The summed E-state index contributed by atoms with van der Waals surface area (Å²) < 4.78 is 41.4. The number of amides is 2. The van der Waals surface area contributed by atoms with E-state index in [-0.39, 0.29) is 48.6 Å². The number of carboxylic acids is 1. The molecular weight excluding hydrogens is 534 g/mol. The summed E-state index contributed by atoms with van der Waals surface area (Å²) in [6.45, 7) is 8.31. The third kappa shape index (κ3) is 6.69. The molecule has 0 spiro atoms. The van der Waals surface area contributed by atoms with Crippen LogP contribution in [0.25, 0.3) is 0 Å². The van der Waals surface area contributed by atoms with E-state index in [9.17, 15) is 14.4 Å². The SMILES string of the molecule is CCOCC(C)(C)c1c(F)cc(NC(=O)[C@H]2c3ccc(OCC)cc3CCN2C(=O)[C@H]2C[C@@H](CC(=O)O)C2)cc1F. The number of nitrogens with one attached hydrogen (secondary N) is 1. The molecule has 8 nitrogen and oxygen atoms in total. The number of aliphatic carboxylic acids is 1. The van der Waals surface area contributed by atoms with E-state index >= 15 is 8.78 Å². The van der Waals surface area contributed by atoms with E-state index in [1.165, 1.54) is 4.90 Å². The maximum Gasteiger partial charge on any atom is 0.303 e. The molecule has 222 valence electrons. The number of hydrogen-bond acceptors (Lipinski definition) is 5. The first-order valence-electron chi connectivity index (χ1n) is 14.1. The van der Waals surface area contributed by atoms with Crippen molar-refractivity contribution in [3.8, 4) is 5.75 Å². The van der Waals surface area contributed by atoms with Gasteiger partial charge in [0, 0.05) is 42.2 Å². The molecule has 1 aliphatic heterocycles. The highest BCUT2D eigenvalue weighted by molar-refractivity contribution is 5.99.